The van der Waals surface area contributed by atoms with Crippen molar-refractivity contribution in [2.75, 3.05) is 6.61 Å². The first-order valence-corrected chi connectivity index (χ1v) is 3.18. The van der Waals surface area contributed by atoms with Crippen LogP contribution in [0, 0.1) is 0 Å². The van der Waals surface area contributed by atoms with E-state index in [9.17, 15) is 0 Å². The highest BCUT2D eigenvalue weighted by atomic mass is 32.1. The van der Waals surface area contributed by atoms with Gasteiger partial charge in [0.2, 0.25) is 0 Å². The highest BCUT2D eigenvalue weighted by Gasteiger charge is 2.12. The Morgan fingerprint density at radius 2 is 2.11 bits per heavy atom. The Hall–Kier alpha value is -0.150. The van der Waals surface area contributed by atoms with Crippen LogP contribution in [-0.2, 0) is 4.74 Å². The van der Waals surface area contributed by atoms with E-state index in [-0.39, 0.29) is 6.61 Å². The van der Waals surface area contributed by atoms with Gasteiger partial charge in [-0.1, -0.05) is 0 Å². The maximum atomic E-state index is 9.08. The number of rotatable bonds is 2. The van der Waals surface area contributed by atoms with Crippen molar-refractivity contribution in [2.45, 2.75) is 26.4 Å². The summed E-state index contributed by atoms with van der Waals surface area (Å²) in [6.45, 7) is 5.29. The second kappa shape index (κ2) is 3.13. The Balaban J connectivity index is 3.39. The van der Waals surface area contributed by atoms with Crippen molar-refractivity contribution in [3.05, 3.63) is 0 Å². The number of thiocarbonyl (C=S) groups is 1. The molecule has 0 aliphatic heterocycles. The minimum absolute atomic E-state index is 0.266. The van der Waals surface area contributed by atoms with Crippen molar-refractivity contribution >= 4 is 17.3 Å². The van der Waals surface area contributed by atoms with Crippen LogP contribution in [0.15, 0.2) is 0 Å². The third-order valence-electron chi connectivity index (χ3n) is 0.629. The lowest BCUT2D eigenvalue weighted by atomic mass is 10.2. The van der Waals surface area contributed by atoms with Crippen LogP contribution in [0.2, 0.25) is 0 Å². The number of hydrogen-bond donors (Lipinski definition) is 1. The molecule has 0 bridgehead atoms. The van der Waals surface area contributed by atoms with Crippen LogP contribution in [0.3, 0.4) is 0 Å². The zero-order valence-electron chi connectivity index (χ0n) is 5.97. The summed E-state index contributed by atoms with van der Waals surface area (Å²) in [7, 11) is 0. The van der Waals surface area contributed by atoms with Gasteiger partial charge >= 0.3 is 0 Å². The van der Waals surface area contributed by atoms with Crippen LogP contribution < -0.4 is 0 Å². The molecule has 9 heavy (non-hydrogen) atoms. The van der Waals surface area contributed by atoms with Crippen molar-refractivity contribution in [1.29, 1.82) is 0 Å². The lowest BCUT2D eigenvalue weighted by molar-refractivity contribution is 0.0249. The molecule has 0 amide bonds. The molecule has 1 N–H and O–H groups in total. The van der Waals surface area contributed by atoms with E-state index in [2.05, 4.69) is 12.2 Å². The van der Waals surface area contributed by atoms with Crippen LogP contribution in [0.25, 0.3) is 0 Å². The second-order valence-electron chi connectivity index (χ2n) is 2.59. The molecular formula is C6H12O2S. The second-order valence-corrected chi connectivity index (χ2v) is 3.17. The van der Waals surface area contributed by atoms with E-state index in [1.807, 2.05) is 0 Å². The van der Waals surface area contributed by atoms with Gasteiger partial charge in [-0.05, 0) is 26.1 Å². The molecule has 0 spiro atoms. The van der Waals surface area contributed by atoms with Gasteiger partial charge in [-0.3, -0.25) is 0 Å². The van der Waals surface area contributed by atoms with Crippen molar-refractivity contribution in [3.63, 3.8) is 0 Å². The predicted molar refractivity (Wildman–Crippen MR) is 40.5 cm³/mol. The Kier molecular flexibility index (Phi) is 3.08. The number of aliphatic hydroxyl groups is 1. The first-order chi connectivity index (χ1) is 3.92. The smallest absolute Gasteiger partial charge is 0.156 e. The SMILES string of the molecule is CC(=S)OCC(C)(C)O. The van der Waals surface area contributed by atoms with Gasteiger partial charge in [0.15, 0.2) is 5.05 Å². The molecule has 2 nitrogen and oxygen atoms in total. The van der Waals surface area contributed by atoms with Crippen LogP contribution in [0.4, 0.5) is 0 Å². The molecule has 0 atom stereocenters. The molecular weight excluding hydrogens is 136 g/mol. The van der Waals surface area contributed by atoms with Gasteiger partial charge in [-0.15, -0.1) is 0 Å². The van der Waals surface area contributed by atoms with Gasteiger partial charge in [-0.2, -0.15) is 0 Å². The summed E-state index contributed by atoms with van der Waals surface area (Å²) >= 11 is 4.63. The fourth-order valence-corrected chi connectivity index (χ4v) is 0.337. The van der Waals surface area contributed by atoms with E-state index in [4.69, 9.17) is 9.84 Å². The average Bonchev–Trinajstić information content (AvgIpc) is 1.59. The van der Waals surface area contributed by atoms with Gasteiger partial charge in [0.1, 0.15) is 6.61 Å². The molecule has 0 aliphatic rings. The fourth-order valence-electron chi connectivity index (χ4n) is 0.278. The predicted octanol–water partition coefficient (Wildman–Crippen LogP) is 1.12. The summed E-state index contributed by atoms with van der Waals surface area (Å²) in [5.41, 5.74) is -0.778. The highest BCUT2D eigenvalue weighted by Crippen LogP contribution is 2.00. The van der Waals surface area contributed by atoms with Crippen molar-refractivity contribution in [2.24, 2.45) is 0 Å². The maximum Gasteiger partial charge on any atom is 0.156 e. The van der Waals surface area contributed by atoms with Gasteiger partial charge < -0.3 is 9.84 Å². The molecule has 0 saturated heterocycles. The minimum atomic E-state index is -0.778. The number of hydrogen-bond acceptors (Lipinski definition) is 3. The third kappa shape index (κ3) is 7.85. The third-order valence-corrected chi connectivity index (χ3v) is 0.747. The quantitative estimate of drug-likeness (QED) is 0.595. The van der Waals surface area contributed by atoms with E-state index >= 15 is 0 Å². The Labute approximate surface area is 60.8 Å². The molecule has 0 radical (unpaired) electrons. The molecule has 0 aromatic rings. The van der Waals surface area contributed by atoms with Crippen molar-refractivity contribution < 1.29 is 9.84 Å². The molecule has 0 saturated carbocycles. The van der Waals surface area contributed by atoms with Gasteiger partial charge in [0.25, 0.3) is 0 Å². The Bertz CT molecular complexity index is 104. The number of ether oxygens (including phenoxy) is 1. The summed E-state index contributed by atoms with van der Waals surface area (Å²) in [5, 5.41) is 9.55. The van der Waals surface area contributed by atoms with Crippen LogP contribution >= 0.6 is 12.2 Å². The molecule has 0 aromatic carbocycles. The molecule has 54 valence electrons. The molecule has 0 aromatic heterocycles. The fraction of sp³-hybridized carbons (Fsp3) is 0.833. The first kappa shape index (κ1) is 8.85. The van der Waals surface area contributed by atoms with Crippen molar-refractivity contribution in [1.82, 2.24) is 0 Å². The monoisotopic (exact) mass is 148 g/mol. The van der Waals surface area contributed by atoms with E-state index in [1.54, 1.807) is 20.8 Å². The molecule has 3 heteroatoms. The van der Waals surface area contributed by atoms with E-state index in [0.717, 1.165) is 0 Å². The van der Waals surface area contributed by atoms with Gasteiger partial charge in [0, 0.05) is 6.92 Å². The minimum Gasteiger partial charge on any atom is -0.484 e. The van der Waals surface area contributed by atoms with Crippen molar-refractivity contribution in [3.8, 4) is 0 Å². The van der Waals surface area contributed by atoms with Gasteiger partial charge in [-0.25, -0.2) is 0 Å². The molecule has 0 aliphatic carbocycles. The Morgan fingerprint density at radius 1 is 1.67 bits per heavy atom. The summed E-state index contributed by atoms with van der Waals surface area (Å²) in [6, 6.07) is 0. The van der Waals surface area contributed by atoms with E-state index in [1.165, 1.54) is 0 Å². The normalized spacial score (nSPS) is 11.1. The van der Waals surface area contributed by atoms with Crippen LogP contribution in [0.1, 0.15) is 20.8 Å². The first-order valence-electron chi connectivity index (χ1n) is 2.77. The van der Waals surface area contributed by atoms with Crippen LogP contribution in [0.5, 0.6) is 0 Å². The van der Waals surface area contributed by atoms with Crippen LogP contribution in [-0.4, -0.2) is 22.4 Å². The summed E-state index contributed by atoms with van der Waals surface area (Å²) in [6.07, 6.45) is 0. The summed E-state index contributed by atoms with van der Waals surface area (Å²) in [4.78, 5) is 0. The lowest BCUT2D eigenvalue weighted by Gasteiger charge is -2.16. The van der Waals surface area contributed by atoms with E-state index in [0.29, 0.717) is 5.05 Å². The summed E-state index contributed by atoms with van der Waals surface area (Å²) in [5.74, 6) is 0. The molecule has 0 heterocycles. The average molecular weight is 148 g/mol. The van der Waals surface area contributed by atoms with E-state index < -0.39 is 5.60 Å². The zero-order chi connectivity index (χ0) is 7.49. The highest BCUT2D eigenvalue weighted by molar-refractivity contribution is 7.80. The molecule has 0 rings (SSSR count). The summed E-state index contributed by atoms with van der Waals surface area (Å²) < 4.78 is 4.89. The largest absolute Gasteiger partial charge is 0.484 e. The van der Waals surface area contributed by atoms with Gasteiger partial charge in [0.05, 0.1) is 5.60 Å². The Morgan fingerprint density at radius 3 is 2.22 bits per heavy atom. The standard InChI is InChI=1S/C6H12O2S/c1-5(9)8-4-6(2,3)7/h7H,4H2,1-3H3. The topological polar surface area (TPSA) is 29.5 Å². The molecule has 0 unspecified atom stereocenters. The zero-order valence-corrected chi connectivity index (χ0v) is 6.79. The maximum absolute atomic E-state index is 9.08. The lowest BCUT2D eigenvalue weighted by Crippen LogP contribution is -2.26. The molecule has 0 fully saturated rings.